The third-order valence-corrected chi connectivity index (χ3v) is 2.98. The van der Waals surface area contributed by atoms with E-state index in [1.165, 1.54) is 15.6 Å². The van der Waals surface area contributed by atoms with Crippen LogP contribution < -0.4 is 0 Å². The van der Waals surface area contributed by atoms with E-state index < -0.39 is 0 Å². The van der Waals surface area contributed by atoms with Crippen LogP contribution in [0.25, 0.3) is 0 Å². The number of halogens is 2. The van der Waals surface area contributed by atoms with E-state index in [0.717, 1.165) is 16.6 Å². The number of rotatable bonds is 3. The third-order valence-electron chi connectivity index (χ3n) is 1.54. The molecule has 0 aliphatic heterocycles. The maximum absolute atomic E-state index is 4.33. The smallest absolute Gasteiger partial charge is 0.0144 e. The Labute approximate surface area is 101 Å². The molecule has 0 unspecified atom stereocenters. The first-order valence-electron chi connectivity index (χ1n) is 3.77. The van der Waals surface area contributed by atoms with Crippen LogP contribution in [-0.2, 0) is 6.42 Å². The van der Waals surface area contributed by atoms with Gasteiger partial charge in [-0.3, -0.25) is 0 Å². The maximum atomic E-state index is 4.33. The summed E-state index contributed by atoms with van der Waals surface area (Å²) in [6, 6.07) is 6.41. The monoisotopic (exact) mass is 356 g/mol. The van der Waals surface area contributed by atoms with Crippen LogP contribution in [0.2, 0.25) is 0 Å². The van der Waals surface area contributed by atoms with Crippen LogP contribution >= 0.6 is 51.1 Å². The number of alkyl halides is 1. The average Bonchev–Trinajstić information content (AvgIpc) is 1.99. The molecule has 0 bridgehead atoms. The van der Waals surface area contributed by atoms with Gasteiger partial charge in [0.15, 0.2) is 0 Å². The largest absolute Gasteiger partial charge is 0.143 e. The van der Waals surface area contributed by atoms with Gasteiger partial charge in [-0.25, -0.2) is 0 Å². The second-order valence-electron chi connectivity index (χ2n) is 2.61. The molecule has 0 aromatic heterocycles. The van der Waals surface area contributed by atoms with Gasteiger partial charge in [-0.2, -0.15) is 0 Å². The van der Waals surface area contributed by atoms with E-state index in [-0.39, 0.29) is 0 Å². The van der Waals surface area contributed by atoms with Gasteiger partial charge in [0.2, 0.25) is 0 Å². The van der Waals surface area contributed by atoms with Gasteiger partial charge in [0, 0.05) is 13.8 Å². The normalized spacial score (nSPS) is 10.2. The molecule has 1 aromatic carbocycles. The molecule has 12 heavy (non-hydrogen) atoms. The first-order chi connectivity index (χ1) is 5.72. The summed E-state index contributed by atoms with van der Waals surface area (Å²) in [5.74, 6) is 0. The quantitative estimate of drug-likeness (QED) is 0.474. The first-order valence-corrected chi connectivity index (χ1v) is 6.41. The Morgan fingerprint density at radius 3 is 2.67 bits per heavy atom. The van der Waals surface area contributed by atoms with Crippen LogP contribution in [0.15, 0.2) is 23.1 Å². The molecule has 0 amide bonds. The van der Waals surface area contributed by atoms with E-state index in [2.05, 4.69) is 69.3 Å². The number of benzene rings is 1. The van der Waals surface area contributed by atoms with Crippen molar-refractivity contribution in [1.82, 2.24) is 0 Å². The summed E-state index contributed by atoms with van der Waals surface area (Å²) in [5, 5.41) is 1.07. The molecule has 0 atom stereocenters. The summed E-state index contributed by atoms with van der Waals surface area (Å²) in [6.45, 7) is 0. The summed E-state index contributed by atoms with van der Waals surface area (Å²) in [4.78, 5) is 1.06. The second-order valence-corrected chi connectivity index (χ2v) is 5.17. The minimum Gasteiger partial charge on any atom is -0.143 e. The van der Waals surface area contributed by atoms with E-state index in [1.54, 1.807) is 0 Å². The molecule has 1 aromatic rings. The Morgan fingerprint density at radius 1 is 1.33 bits per heavy atom. The Kier molecular flexibility index (Phi) is 4.97. The molecule has 0 spiro atoms. The van der Waals surface area contributed by atoms with Crippen LogP contribution in [-0.4, -0.2) is 5.33 Å². The average molecular weight is 357 g/mol. The molecular formula is C9H10BrIS. The molecule has 0 N–H and O–H groups in total. The van der Waals surface area contributed by atoms with Gasteiger partial charge in [-0.15, -0.1) is 12.6 Å². The first kappa shape index (κ1) is 10.9. The zero-order valence-electron chi connectivity index (χ0n) is 6.56. The summed E-state index contributed by atoms with van der Waals surface area (Å²) in [6.07, 6.45) is 2.32. The third kappa shape index (κ3) is 3.66. The number of hydrogen-bond acceptors (Lipinski definition) is 1. The minimum absolute atomic E-state index is 1.06. The van der Waals surface area contributed by atoms with E-state index in [1.807, 2.05) is 0 Å². The van der Waals surface area contributed by atoms with Gasteiger partial charge in [-0.05, 0) is 59.2 Å². The predicted octanol–water partition coefficient (Wildman–Crippen LogP) is 3.91. The SMILES string of the molecule is Sc1cc(I)cc(CCCBr)c1. The maximum Gasteiger partial charge on any atom is 0.0144 e. The van der Waals surface area contributed by atoms with Crippen molar-refractivity contribution in [1.29, 1.82) is 0 Å². The molecular weight excluding hydrogens is 347 g/mol. The van der Waals surface area contributed by atoms with Gasteiger partial charge >= 0.3 is 0 Å². The molecule has 0 fully saturated rings. The summed E-state index contributed by atoms with van der Waals surface area (Å²) >= 11 is 10.1. The van der Waals surface area contributed by atoms with E-state index in [9.17, 15) is 0 Å². The molecule has 0 saturated heterocycles. The molecule has 0 aliphatic rings. The van der Waals surface area contributed by atoms with E-state index in [0.29, 0.717) is 0 Å². The molecule has 66 valence electrons. The highest BCUT2D eigenvalue weighted by Crippen LogP contribution is 2.16. The fraction of sp³-hybridized carbons (Fsp3) is 0.333. The standard InChI is InChI=1S/C9H10BrIS/c10-3-1-2-7-4-8(11)6-9(12)5-7/h4-6,12H,1-3H2. The lowest BCUT2D eigenvalue weighted by Gasteiger charge is -2.01. The predicted molar refractivity (Wildman–Crippen MR) is 68.5 cm³/mol. The Balaban J connectivity index is 2.72. The van der Waals surface area contributed by atoms with Gasteiger partial charge in [0.25, 0.3) is 0 Å². The molecule has 3 heteroatoms. The van der Waals surface area contributed by atoms with Gasteiger partial charge in [0.05, 0.1) is 0 Å². The zero-order valence-corrected chi connectivity index (χ0v) is 11.2. The summed E-state index contributed by atoms with van der Waals surface area (Å²) < 4.78 is 1.27. The van der Waals surface area contributed by atoms with Crippen molar-refractivity contribution in [2.24, 2.45) is 0 Å². The highest BCUT2D eigenvalue weighted by molar-refractivity contribution is 14.1. The topological polar surface area (TPSA) is 0 Å². The summed E-state index contributed by atoms with van der Waals surface area (Å²) in [7, 11) is 0. The number of thiol groups is 1. The Hall–Kier alpha value is 0.780. The zero-order chi connectivity index (χ0) is 8.97. The lowest BCUT2D eigenvalue weighted by molar-refractivity contribution is 0.934. The van der Waals surface area contributed by atoms with Crippen molar-refractivity contribution in [3.63, 3.8) is 0 Å². The van der Waals surface area contributed by atoms with Crippen LogP contribution in [0.1, 0.15) is 12.0 Å². The van der Waals surface area contributed by atoms with Crippen LogP contribution in [0, 0.1) is 3.57 Å². The number of aryl methyl sites for hydroxylation is 1. The van der Waals surface area contributed by atoms with Gasteiger partial charge < -0.3 is 0 Å². The van der Waals surface area contributed by atoms with E-state index in [4.69, 9.17) is 0 Å². The molecule has 0 nitrogen and oxygen atoms in total. The van der Waals surface area contributed by atoms with Gasteiger partial charge in [-0.1, -0.05) is 15.9 Å². The lowest BCUT2D eigenvalue weighted by Crippen LogP contribution is -1.87. The van der Waals surface area contributed by atoms with Crippen molar-refractivity contribution in [2.45, 2.75) is 17.7 Å². The van der Waals surface area contributed by atoms with E-state index >= 15 is 0 Å². The van der Waals surface area contributed by atoms with Crippen molar-refractivity contribution in [2.75, 3.05) is 5.33 Å². The fourth-order valence-electron chi connectivity index (χ4n) is 1.05. The Bertz CT molecular complexity index is 242. The van der Waals surface area contributed by atoms with Crippen LogP contribution in [0.4, 0.5) is 0 Å². The molecule has 0 radical (unpaired) electrons. The highest BCUT2D eigenvalue weighted by atomic mass is 127. The van der Waals surface area contributed by atoms with Crippen LogP contribution in [0.5, 0.6) is 0 Å². The molecule has 0 heterocycles. The lowest BCUT2D eigenvalue weighted by atomic mass is 10.1. The molecule has 1 rings (SSSR count). The number of hydrogen-bond donors (Lipinski definition) is 1. The molecule has 0 saturated carbocycles. The molecule has 0 aliphatic carbocycles. The summed E-state index contributed by atoms with van der Waals surface area (Å²) in [5.41, 5.74) is 1.38. The Morgan fingerprint density at radius 2 is 2.08 bits per heavy atom. The van der Waals surface area contributed by atoms with Crippen molar-refractivity contribution < 1.29 is 0 Å². The van der Waals surface area contributed by atoms with Crippen LogP contribution in [0.3, 0.4) is 0 Å². The fourth-order valence-corrected chi connectivity index (χ4v) is 2.62. The minimum atomic E-state index is 1.06. The second kappa shape index (κ2) is 5.50. The van der Waals surface area contributed by atoms with Crippen molar-refractivity contribution in [3.05, 3.63) is 27.3 Å². The van der Waals surface area contributed by atoms with Crippen molar-refractivity contribution in [3.8, 4) is 0 Å². The van der Waals surface area contributed by atoms with Gasteiger partial charge in [0.1, 0.15) is 0 Å². The highest BCUT2D eigenvalue weighted by Gasteiger charge is 1.96. The van der Waals surface area contributed by atoms with Crippen molar-refractivity contribution >= 4 is 51.1 Å².